The first kappa shape index (κ1) is 31.3. The van der Waals surface area contributed by atoms with Crippen LogP contribution in [0.4, 0.5) is 5.13 Å². The molecule has 0 saturated carbocycles. The third kappa shape index (κ3) is 6.99. The van der Waals surface area contributed by atoms with E-state index in [4.69, 9.17) is 21.1 Å². The van der Waals surface area contributed by atoms with Gasteiger partial charge in [0, 0.05) is 10.8 Å². The summed E-state index contributed by atoms with van der Waals surface area (Å²) in [6.45, 7) is 2.60. The average Bonchev–Trinajstić information content (AvgIpc) is 3.61. The van der Waals surface area contributed by atoms with Gasteiger partial charge in [-0.1, -0.05) is 109 Å². The van der Waals surface area contributed by atoms with Crippen LogP contribution in [0.3, 0.4) is 0 Å². The van der Waals surface area contributed by atoms with E-state index in [1.54, 1.807) is 24.3 Å². The number of unbranched alkanes of at least 4 members (excludes halogenated alkanes) is 1. The van der Waals surface area contributed by atoms with E-state index in [2.05, 4.69) is 17.1 Å². The number of aliphatic hydroxyl groups excluding tert-OH is 1. The monoisotopic (exact) mass is 647 g/mol. The van der Waals surface area contributed by atoms with Gasteiger partial charge in [0.2, 0.25) is 5.13 Å². The number of ether oxygens (including phenoxy) is 2. The minimum atomic E-state index is -0.983. The molecular weight excluding hydrogens is 618 g/mol. The summed E-state index contributed by atoms with van der Waals surface area (Å²) in [7, 11) is 1.53. The number of ketones is 1. The normalized spacial score (nSPS) is 14.9. The van der Waals surface area contributed by atoms with Gasteiger partial charge in [0.25, 0.3) is 5.91 Å². The van der Waals surface area contributed by atoms with Crippen LogP contribution in [0.1, 0.15) is 42.5 Å². The van der Waals surface area contributed by atoms with Crippen LogP contribution in [0.15, 0.2) is 94.5 Å². The van der Waals surface area contributed by atoms with Crippen LogP contribution in [0.25, 0.3) is 6.08 Å². The molecule has 5 rings (SSSR count). The number of thioether (sulfide) groups is 1. The van der Waals surface area contributed by atoms with E-state index in [-0.39, 0.29) is 10.7 Å². The Kier molecular flexibility index (Phi) is 10.4. The first-order chi connectivity index (χ1) is 21.4. The summed E-state index contributed by atoms with van der Waals surface area (Å²) in [5.74, 6) is -0.350. The summed E-state index contributed by atoms with van der Waals surface area (Å²) in [5.41, 5.74) is 2.22. The molecule has 0 saturated heterocycles. The van der Waals surface area contributed by atoms with E-state index in [9.17, 15) is 14.7 Å². The fourth-order valence-corrected chi connectivity index (χ4v) is 6.76. The molecule has 1 amide bonds. The predicted molar refractivity (Wildman–Crippen MR) is 175 cm³/mol. The Hall–Kier alpha value is -4.12. The molecule has 11 heteroatoms. The fourth-order valence-electron chi connectivity index (χ4n) is 4.61. The molecule has 0 aliphatic carbocycles. The van der Waals surface area contributed by atoms with Crippen molar-refractivity contribution in [2.75, 3.05) is 18.6 Å². The van der Waals surface area contributed by atoms with Gasteiger partial charge in [-0.05, 0) is 47.4 Å². The number of hydrogen-bond acceptors (Lipinski definition) is 9. The molecule has 2 heterocycles. The Morgan fingerprint density at radius 2 is 1.86 bits per heavy atom. The van der Waals surface area contributed by atoms with E-state index >= 15 is 0 Å². The molecule has 0 fully saturated rings. The highest BCUT2D eigenvalue weighted by atomic mass is 35.5. The van der Waals surface area contributed by atoms with Crippen LogP contribution in [-0.2, 0) is 15.3 Å². The van der Waals surface area contributed by atoms with Crippen LogP contribution < -0.4 is 14.4 Å². The van der Waals surface area contributed by atoms with Crippen molar-refractivity contribution in [2.24, 2.45) is 0 Å². The zero-order valence-electron chi connectivity index (χ0n) is 24.1. The number of carbonyl (C=O) groups is 2. The number of anilines is 1. The quantitative estimate of drug-likeness (QED) is 0.0677. The summed E-state index contributed by atoms with van der Waals surface area (Å²) in [6.07, 6.45) is 4.86. The highest BCUT2D eigenvalue weighted by Gasteiger charge is 2.45. The van der Waals surface area contributed by atoms with Crippen molar-refractivity contribution in [1.82, 2.24) is 10.2 Å². The number of methoxy groups -OCH3 is 1. The first-order valence-corrected chi connectivity index (χ1v) is 16.1. The van der Waals surface area contributed by atoms with Crippen molar-refractivity contribution in [3.63, 3.8) is 0 Å². The van der Waals surface area contributed by atoms with E-state index in [1.165, 1.54) is 41.2 Å². The lowest BCUT2D eigenvalue weighted by Gasteiger charge is -2.24. The lowest BCUT2D eigenvalue weighted by atomic mass is 9.95. The molecule has 8 nitrogen and oxygen atoms in total. The minimum Gasteiger partial charge on any atom is -0.503 e. The number of aliphatic hydroxyl groups is 1. The van der Waals surface area contributed by atoms with E-state index < -0.39 is 23.5 Å². The van der Waals surface area contributed by atoms with Gasteiger partial charge >= 0.3 is 0 Å². The SMILES string of the molecule is CCCCOc1ccc(C2C(C(=O)C=Cc3ccccc3)=C(O)C(=O)N2c2nnc(SCc3ccccc3Cl)s2)cc1OC. The third-order valence-corrected chi connectivity index (χ3v) is 9.34. The fraction of sp³-hybridized carbons (Fsp3) is 0.212. The number of rotatable bonds is 13. The molecule has 1 aliphatic rings. The van der Waals surface area contributed by atoms with Crippen LogP contribution in [0.2, 0.25) is 5.02 Å². The Morgan fingerprint density at radius 3 is 2.61 bits per heavy atom. The molecule has 1 aliphatic heterocycles. The second-order valence-corrected chi connectivity index (χ2v) is 12.4. The van der Waals surface area contributed by atoms with Gasteiger partial charge in [0.1, 0.15) is 0 Å². The van der Waals surface area contributed by atoms with Gasteiger partial charge < -0.3 is 14.6 Å². The van der Waals surface area contributed by atoms with Crippen molar-refractivity contribution < 1.29 is 24.2 Å². The number of carbonyl (C=O) groups excluding carboxylic acids is 2. The van der Waals surface area contributed by atoms with Crippen molar-refractivity contribution in [2.45, 2.75) is 35.9 Å². The van der Waals surface area contributed by atoms with Crippen molar-refractivity contribution in [1.29, 1.82) is 0 Å². The first-order valence-electron chi connectivity index (χ1n) is 14.0. The van der Waals surface area contributed by atoms with Crippen molar-refractivity contribution in [3.05, 3.63) is 112 Å². The number of hydrogen-bond donors (Lipinski definition) is 1. The van der Waals surface area contributed by atoms with Gasteiger partial charge in [-0.2, -0.15) is 0 Å². The summed E-state index contributed by atoms with van der Waals surface area (Å²) in [6, 6.07) is 21.1. The largest absolute Gasteiger partial charge is 0.503 e. The van der Waals surface area contributed by atoms with Crippen LogP contribution >= 0.6 is 34.7 Å². The number of amides is 1. The zero-order chi connectivity index (χ0) is 31.1. The molecule has 226 valence electrons. The average molecular weight is 648 g/mol. The van der Waals surface area contributed by atoms with E-state index in [1.807, 2.05) is 54.6 Å². The Balaban J connectivity index is 1.50. The highest BCUT2D eigenvalue weighted by molar-refractivity contribution is 8.00. The van der Waals surface area contributed by atoms with Crippen molar-refractivity contribution in [3.8, 4) is 11.5 Å². The summed E-state index contributed by atoms with van der Waals surface area (Å²) >= 11 is 8.93. The lowest BCUT2D eigenvalue weighted by molar-refractivity contribution is -0.117. The molecule has 0 radical (unpaired) electrons. The van der Waals surface area contributed by atoms with Gasteiger partial charge in [0.15, 0.2) is 27.4 Å². The van der Waals surface area contributed by atoms with Crippen molar-refractivity contribution >= 4 is 57.6 Å². The smallest absolute Gasteiger partial charge is 0.296 e. The Labute approximate surface area is 269 Å². The van der Waals surface area contributed by atoms with Crippen LogP contribution in [0.5, 0.6) is 11.5 Å². The molecule has 1 unspecified atom stereocenters. The molecule has 1 atom stereocenters. The number of halogens is 1. The predicted octanol–water partition coefficient (Wildman–Crippen LogP) is 7.85. The summed E-state index contributed by atoms with van der Waals surface area (Å²) < 4.78 is 12.1. The highest BCUT2D eigenvalue weighted by Crippen LogP contribution is 2.45. The lowest BCUT2D eigenvalue weighted by Crippen LogP contribution is -2.30. The van der Waals surface area contributed by atoms with Crippen LogP contribution in [-0.4, -0.2) is 40.7 Å². The molecule has 3 aromatic carbocycles. The van der Waals surface area contributed by atoms with E-state index in [0.717, 1.165) is 24.0 Å². The topological polar surface area (TPSA) is 102 Å². The maximum absolute atomic E-state index is 13.6. The van der Waals surface area contributed by atoms with E-state index in [0.29, 0.717) is 38.8 Å². The Morgan fingerprint density at radius 1 is 1.09 bits per heavy atom. The number of benzene rings is 3. The Bertz CT molecular complexity index is 1710. The molecule has 1 N–H and O–H groups in total. The molecular formula is C33H30ClN3O5S2. The van der Waals surface area contributed by atoms with Gasteiger partial charge in [-0.15, -0.1) is 10.2 Å². The standard InChI is InChI=1S/C33H30ClN3O5S2/c1-3-4-18-42-26-17-15-22(19-27(26)41-2)29-28(25(38)16-14-21-10-6-5-7-11-21)30(39)31(40)37(29)32-35-36-33(44-32)43-20-23-12-8-9-13-24(23)34/h5-17,19,29,39H,3-4,18,20H2,1-2H3. The molecule has 44 heavy (non-hydrogen) atoms. The number of nitrogens with zero attached hydrogens (tertiary/aromatic N) is 3. The molecule has 1 aromatic heterocycles. The second-order valence-electron chi connectivity index (χ2n) is 9.79. The number of aromatic nitrogens is 2. The van der Waals surface area contributed by atoms with Crippen LogP contribution in [0, 0.1) is 0 Å². The molecule has 0 bridgehead atoms. The summed E-state index contributed by atoms with van der Waals surface area (Å²) in [4.78, 5) is 28.6. The minimum absolute atomic E-state index is 0.0654. The second kappa shape index (κ2) is 14.6. The molecule has 4 aromatic rings. The maximum Gasteiger partial charge on any atom is 0.296 e. The van der Waals surface area contributed by atoms with Gasteiger partial charge in [0.05, 0.1) is 25.3 Å². The van der Waals surface area contributed by atoms with Gasteiger partial charge in [-0.25, -0.2) is 0 Å². The number of allylic oxidation sites excluding steroid dienone is 1. The summed E-state index contributed by atoms with van der Waals surface area (Å²) in [5, 5.41) is 20.6. The molecule has 0 spiro atoms. The third-order valence-electron chi connectivity index (χ3n) is 6.87. The van der Waals surface area contributed by atoms with Gasteiger partial charge in [-0.3, -0.25) is 14.5 Å². The maximum atomic E-state index is 13.6. The zero-order valence-corrected chi connectivity index (χ0v) is 26.5.